The lowest BCUT2D eigenvalue weighted by Crippen LogP contribution is -2.63. The van der Waals surface area contributed by atoms with Gasteiger partial charge in [0.05, 0.1) is 20.8 Å². The molecule has 8 N–H and O–H groups in total. The first-order valence-electron chi connectivity index (χ1n) is 14.8. The van der Waals surface area contributed by atoms with E-state index in [1.165, 1.54) is 50.6 Å². The molecule has 2 aliphatic heterocycles. The third-order valence-corrected chi connectivity index (χ3v) is 7.71. The molecule has 0 radical (unpaired) electrons. The van der Waals surface area contributed by atoms with E-state index >= 15 is 0 Å². The Hall–Kier alpha value is -4.30. The number of benzene rings is 2. The summed E-state index contributed by atoms with van der Waals surface area (Å²) < 4.78 is 37.5. The van der Waals surface area contributed by atoms with Gasteiger partial charge in [-0.1, -0.05) is 12.1 Å². The zero-order valence-electron chi connectivity index (χ0n) is 26.3. The third kappa shape index (κ3) is 8.66. The molecule has 268 valence electrons. The third-order valence-electron chi connectivity index (χ3n) is 7.71. The molecule has 0 aromatic heterocycles. The van der Waals surface area contributed by atoms with Crippen LogP contribution in [0.3, 0.4) is 0 Å². The molecule has 2 heterocycles. The van der Waals surface area contributed by atoms with Crippen molar-refractivity contribution in [1.82, 2.24) is 0 Å². The summed E-state index contributed by atoms with van der Waals surface area (Å²) in [5.74, 6) is -4.60. The molecule has 0 spiro atoms. The van der Waals surface area contributed by atoms with Crippen LogP contribution in [0, 0.1) is 0 Å². The monoisotopic (exact) mass is 694 g/mol. The molecule has 2 fully saturated rings. The molecule has 0 saturated carbocycles. The molecule has 0 amide bonds. The topological polar surface area (TPSA) is 261 Å². The van der Waals surface area contributed by atoms with Crippen molar-refractivity contribution in [2.45, 2.75) is 54.8 Å². The number of hydrogen-bond acceptors (Lipinski definition) is 17. The average molecular weight is 695 g/mol. The van der Waals surface area contributed by atoms with Crippen LogP contribution >= 0.6 is 0 Å². The molecule has 2 saturated heterocycles. The minimum absolute atomic E-state index is 0.0303. The second-order valence-corrected chi connectivity index (χ2v) is 11.0. The number of ether oxygens (including phenoxy) is 7. The van der Waals surface area contributed by atoms with Gasteiger partial charge in [-0.3, -0.25) is 0 Å². The van der Waals surface area contributed by atoms with Crippen LogP contribution in [0.15, 0.2) is 48.6 Å². The van der Waals surface area contributed by atoms with Gasteiger partial charge in [0, 0.05) is 12.2 Å². The summed E-state index contributed by atoms with van der Waals surface area (Å²) in [5.41, 5.74) is 0.898. The summed E-state index contributed by atoms with van der Waals surface area (Å²) in [6.45, 7) is -2.61. The summed E-state index contributed by atoms with van der Waals surface area (Å²) in [6, 6.07) is 8.68. The van der Waals surface area contributed by atoms with E-state index in [9.17, 15) is 50.4 Å². The number of phenolic OH excluding ortho intramolecular Hbond substituents is 2. The predicted octanol–water partition coefficient (Wildman–Crippen LogP) is -1.44. The molecule has 2 aliphatic rings. The molecule has 9 atom stereocenters. The van der Waals surface area contributed by atoms with Gasteiger partial charge in [0.1, 0.15) is 55.6 Å². The van der Waals surface area contributed by atoms with E-state index < -0.39 is 86.6 Å². The van der Waals surface area contributed by atoms with Gasteiger partial charge >= 0.3 is 11.9 Å². The Labute approximate surface area is 279 Å². The van der Waals surface area contributed by atoms with E-state index in [0.717, 1.165) is 12.2 Å². The number of methoxy groups -OCH3 is 2. The van der Waals surface area contributed by atoms with Crippen LogP contribution in [0.5, 0.6) is 23.0 Å². The second-order valence-electron chi connectivity index (χ2n) is 11.0. The van der Waals surface area contributed by atoms with Crippen molar-refractivity contribution in [3.63, 3.8) is 0 Å². The molecule has 0 bridgehead atoms. The van der Waals surface area contributed by atoms with Gasteiger partial charge in [0.15, 0.2) is 23.9 Å². The molecule has 4 rings (SSSR count). The molecule has 9 unspecified atom stereocenters. The van der Waals surface area contributed by atoms with Crippen LogP contribution in [-0.4, -0.2) is 142 Å². The summed E-state index contributed by atoms with van der Waals surface area (Å²) in [6.07, 6.45) is -9.59. The number of aliphatic hydroxyl groups is 6. The van der Waals surface area contributed by atoms with Crippen molar-refractivity contribution in [3.8, 4) is 23.0 Å². The molecular weight excluding hydrogens is 656 g/mol. The van der Waals surface area contributed by atoms with Crippen molar-refractivity contribution < 1.29 is 83.6 Å². The van der Waals surface area contributed by atoms with Gasteiger partial charge in [0.2, 0.25) is 11.5 Å². The van der Waals surface area contributed by atoms with E-state index in [0.29, 0.717) is 11.1 Å². The highest BCUT2D eigenvalue weighted by Gasteiger charge is 2.60. The molecule has 17 nitrogen and oxygen atoms in total. The lowest BCUT2D eigenvalue weighted by molar-refractivity contribution is -0.383. The summed E-state index contributed by atoms with van der Waals surface area (Å²) >= 11 is 0. The van der Waals surface area contributed by atoms with Gasteiger partial charge in [-0.2, -0.15) is 0 Å². The number of rotatable bonds is 13. The predicted molar refractivity (Wildman–Crippen MR) is 164 cm³/mol. The zero-order chi connectivity index (χ0) is 35.9. The largest absolute Gasteiger partial charge is 0.508 e. The van der Waals surface area contributed by atoms with Crippen molar-refractivity contribution >= 4 is 24.1 Å². The Morgan fingerprint density at radius 2 is 1.43 bits per heavy atom. The highest BCUT2D eigenvalue weighted by atomic mass is 16.8. The lowest BCUT2D eigenvalue weighted by Gasteiger charge is -2.43. The van der Waals surface area contributed by atoms with Gasteiger partial charge in [0.25, 0.3) is 0 Å². The first-order valence-corrected chi connectivity index (χ1v) is 14.8. The SMILES string of the molecule is COc1cc(C=CC(=O)OC2C(O)C(CO)OC2(CO)OC2OC(COC(=O)C=Cc3ccc(O)cc3)C(O)C(O)C2O)cc(OC)c1O. The van der Waals surface area contributed by atoms with Crippen LogP contribution in [0.1, 0.15) is 11.1 Å². The smallest absolute Gasteiger partial charge is 0.331 e. The Bertz CT molecular complexity index is 1470. The van der Waals surface area contributed by atoms with Crippen LogP contribution in [0.25, 0.3) is 12.2 Å². The lowest BCUT2D eigenvalue weighted by atomic mass is 9.99. The highest BCUT2D eigenvalue weighted by molar-refractivity contribution is 5.88. The van der Waals surface area contributed by atoms with E-state index in [1.807, 2.05) is 0 Å². The number of carbonyl (C=O) groups excluding carboxylic acids is 2. The van der Waals surface area contributed by atoms with E-state index in [2.05, 4.69) is 0 Å². The van der Waals surface area contributed by atoms with Crippen molar-refractivity contribution in [2.24, 2.45) is 0 Å². The quantitative estimate of drug-likeness (QED) is 0.0882. The number of esters is 2. The first kappa shape index (κ1) is 37.5. The number of phenols is 2. The van der Waals surface area contributed by atoms with Crippen LogP contribution < -0.4 is 9.47 Å². The van der Waals surface area contributed by atoms with Gasteiger partial charge in [-0.15, -0.1) is 0 Å². The summed E-state index contributed by atoms with van der Waals surface area (Å²) in [5, 5.41) is 82.2. The number of aliphatic hydroxyl groups excluding tert-OH is 6. The number of hydrogen-bond donors (Lipinski definition) is 8. The van der Waals surface area contributed by atoms with Gasteiger partial charge in [-0.25, -0.2) is 9.59 Å². The molecule has 49 heavy (non-hydrogen) atoms. The van der Waals surface area contributed by atoms with Gasteiger partial charge < -0.3 is 74.0 Å². The molecule has 2 aromatic carbocycles. The molecule has 0 aliphatic carbocycles. The Morgan fingerprint density at radius 1 is 0.816 bits per heavy atom. The maximum absolute atomic E-state index is 12.9. The minimum Gasteiger partial charge on any atom is -0.508 e. The van der Waals surface area contributed by atoms with Crippen molar-refractivity contribution in [3.05, 3.63) is 59.7 Å². The maximum atomic E-state index is 12.9. The van der Waals surface area contributed by atoms with E-state index in [-0.39, 0.29) is 23.0 Å². The summed E-state index contributed by atoms with van der Waals surface area (Å²) in [7, 11) is 2.62. The fourth-order valence-corrected chi connectivity index (χ4v) is 5.06. The van der Waals surface area contributed by atoms with E-state index in [4.69, 9.17) is 33.2 Å². The normalized spacial score (nSPS) is 30.0. The first-order chi connectivity index (χ1) is 23.4. The molecule has 2 aromatic rings. The Kier molecular flexibility index (Phi) is 12.6. The van der Waals surface area contributed by atoms with Crippen LogP contribution in [0.2, 0.25) is 0 Å². The van der Waals surface area contributed by atoms with E-state index in [1.54, 1.807) is 12.1 Å². The maximum Gasteiger partial charge on any atom is 0.331 e. The van der Waals surface area contributed by atoms with Crippen molar-refractivity contribution in [1.29, 1.82) is 0 Å². The standard InChI is InChI=1S/C32H38O17/c1-43-19-11-17(12-20(44-2)25(19)38)6-10-24(37)47-30-27(40)21(13-33)48-32(30,15-34)49-31-29(42)28(41)26(39)22(46-31)14-45-23(36)9-5-16-3-7-18(35)8-4-16/h3-12,21-22,26-31,33-35,38-42H,13-15H2,1-2H3. The highest BCUT2D eigenvalue weighted by Crippen LogP contribution is 2.39. The Balaban J connectivity index is 1.48. The fraction of sp³-hybridized carbons (Fsp3) is 0.438. The van der Waals surface area contributed by atoms with Crippen LogP contribution in [-0.2, 0) is 33.3 Å². The number of carbonyl (C=O) groups is 2. The summed E-state index contributed by atoms with van der Waals surface area (Å²) in [4.78, 5) is 25.2. The average Bonchev–Trinajstić information content (AvgIpc) is 3.36. The fourth-order valence-electron chi connectivity index (χ4n) is 5.06. The zero-order valence-corrected chi connectivity index (χ0v) is 26.3. The van der Waals surface area contributed by atoms with Crippen LogP contribution in [0.4, 0.5) is 0 Å². The minimum atomic E-state index is -2.48. The number of aromatic hydroxyl groups is 2. The molecular formula is C32H38O17. The second kappa shape index (κ2) is 16.4. The Morgan fingerprint density at radius 3 is 2.02 bits per heavy atom. The molecule has 17 heteroatoms. The van der Waals surface area contributed by atoms with Crippen molar-refractivity contribution in [2.75, 3.05) is 34.0 Å². The van der Waals surface area contributed by atoms with Gasteiger partial charge in [-0.05, 0) is 47.5 Å².